The van der Waals surface area contributed by atoms with Crippen LogP contribution in [0, 0.1) is 6.92 Å². The van der Waals surface area contributed by atoms with Gasteiger partial charge in [0.1, 0.15) is 17.0 Å². The number of aryl methyl sites for hydroxylation is 1. The van der Waals surface area contributed by atoms with Gasteiger partial charge in [-0.2, -0.15) is 0 Å². The van der Waals surface area contributed by atoms with Gasteiger partial charge < -0.3 is 10.0 Å². The molecule has 130 valence electrons. The summed E-state index contributed by atoms with van der Waals surface area (Å²) in [6, 6.07) is 8.64. The fourth-order valence-corrected chi connectivity index (χ4v) is 4.28. The quantitative estimate of drug-likeness (QED) is 0.781. The molecular weight excluding hydrogens is 332 g/mol. The highest BCUT2D eigenvalue weighted by atomic mass is 32.1. The molecule has 0 atom stereocenters. The minimum atomic E-state index is 0.222. The van der Waals surface area contributed by atoms with Crippen LogP contribution in [-0.2, 0) is 0 Å². The van der Waals surface area contributed by atoms with Gasteiger partial charge in [-0.3, -0.25) is 4.90 Å². The molecule has 6 heteroatoms. The number of β-amino-alcohol motifs (C(OH)–C–C–N with tert-alkyl or cyclic N) is 1. The van der Waals surface area contributed by atoms with Gasteiger partial charge in [-0.15, -0.1) is 11.3 Å². The summed E-state index contributed by atoms with van der Waals surface area (Å²) in [5, 5.41) is 12.5. The molecule has 1 aromatic carbocycles. The number of benzene rings is 1. The molecule has 2 aromatic heterocycles. The van der Waals surface area contributed by atoms with Crippen LogP contribution in [0.2, 0.25) is 0 Å². The first kappa shape index (κ1) is 16.4. The van der Waals surface area contributed by atoms with E-state index in [1.807, 2.05) is 0 Å². The van der Waals surface area contributed by atoms with Crippen LogP contribution >= 0.6 is 11.3 Å². The lowest BCUT2D eigenvalue weighted by Gasteiger charge is -2.35. The second-order valence-corrected chi connectivity index (χ2v) is 7.30. The lowest BCUT2D eigenvalue weighted by atomic mass is 10.0. The predicted molar refractivity (Wildman–Crippen MR) is 103 cm³/mol. The molecule has 0 radical (unpaired) electrons. The van der Waals surface area contributed by atoms with Crippen LogP contribution < -0.4 is 4.90 Å². The van der Waals surface area contributed by atoms with E-state index >= 15 is 0 Å². The molecule has 1 N–H and O–H groups in total. The molecule has 1 fully saturated rings. The van der Waals surface area contributed by atoms with Crippen molar-refractivity contribution in [1.82, 2.24) is 14.9 Å². The molecule has 0 saturated carbocycles. The number of rotatable bonds is 4. The van der Waals surface area contributed by atoms with E-state index in [0.717, 1.165) is 48.8 Å². The minimum Gasteiger partial charge on any atom is -0.395 e. The summed E-state index contributed by atoms with van der Waals surface area (Å²) in [6.07, 6.45) is 1.67. The summed E-state index contributed by atoms with van der Waals surface area (Å²) < 4.78 is 0. The number of aliphatic hydroxyl groups is 1. The third kappa shape index (κ3) is 3.25. The third-order valence-corrected chi connectivity index (χ3v) is 5.69. The Morgan fingerprint density at radius 1 is 1.08 bits per heavy atom. The normalized spacial score (nSPS) is 15.8. The molecule has 25 heavy (non-hydrogen) atoms. The van der Waals surface area contributed by atoms with E-state index in [1.54, 1.807) is 17.7 Å². The SMILES string of the molecule is Cc1ccc(-c2csc3ncnc(N4CCN(CCO)CC4)c23)cc1. The Morgan fingerprint density at radius 3 is 2.56 bits per heavy atom. The lowest BCUT2D eigenvalue weighted by molar-refractivity contribution is 0.188. The van der Waals surface area contributed by atoms with Gasteiger partial charge in [0.05, 0.1) is 12.0 Å². The Morgan fingerprint density at radius 2 is 1.84 bits per heavy atom. The van der Waals surface area contributed by atoms with E-state index in [-0.39, 0.29) is 6.61 Å². The lowest BCUT2D eigenvalue weighted by Crippen LogP contribution is -2.47. The van der Waals surface area contributed by atoms with Gasteiger partial charge in [0.15, 0.2) is 0 Å². The summed E-state index contributed by atoms with van der Waals surface area (Å²) in [6.45, 7) is 6.84. The number of hydrogen-bond donors (Lipinski definition) is 1. The largest absolute Gasteiger partial charge is 0.395 e. The van der Waals surface area contributed by atoms with Crippen molar-refractivity contribution in [1.29, 1.82) is 0 Å². The van der Waals surface area contributed by atoms with Crippen LogP contribution in [0.25, 0.3) is 21.3 Å². The Balaban J connectivity index is 1.70. The van der Waals surface area contributed by atoms with E-state index < -0.39 is 0 Å². The van der Waals surface area contributed by atoms with Crippen molar-refractivity contribution in [3.05, 3.63) is 41.5 Å². The standard InChI is InChI=1S/C19H22N4OS/c1-14-2-4-15(5-3-14)16-12-25-19-17(16)18(20-13-21-19)23-8-6-22(7-9-23)10-11-24/h2-5,12-13,24H,6-11H2,1H3. The fraction of sp³-hybridized carbons (Fsp3) is 0.368. The van der Waals surface area contributed by atoms with Gasteiger partial charge in [0.2, 0.25) is 0 Å². The number of aliphatic hydroxyl groups excluding tert-OH is 1. The number of fused-ring (bicyclic) bond motifs is 1. The molecule has 0 unspecified atom stereocenters. The smallest absolute Gasteiger partial charge is 0.141 e. The second kappa shape index (κ2) is 7.07. The topological polar surface area (TPSA) is 52.5 Å². The number of nitrogens with zero attached hydrogens (tertiary/aromatic N) is 4. The predicted octanol–water partition coefficient (Wildman–Crippen LogP) is 2.78. The minimum absolute atomic E-state index is 0.222. The van der Waals surface area contributed by atoms with E-state index in [0.29, 0.717) is 0 Å². The first-order valence-electron chi connectivity index (χ1n) is 8.63. The van der Waals surface area contributed by atoms with Crippen LogP contribution in [0.5, 0.6) is 0 Å². The highest BCUT2D eigenvalue weighted by Gasteiger charge is 2.22. The van der Waals surface area contributed by atoms with Crippen LogP contribution in [0.4, 0.5) is 5.82 Å². The Labute approximate surface area is 151 Å². The number of aromatic nitrogens is 2. The Hall–Kier alpha value is -2.02. The van der Waals surface area contributed by atoms with Crippen LogP contribution in [-0.4, -0.2) is 59.3 Å². The molecular formula is C19H22N4OS. The monoisotopic (exact) mass is 354 g/mol. The highest BCUT2D eigenvalue weighted by Crippen LogP contribution is 2.38. The van der Waals surface area contributed by atoms with Gasteiger partial charge in [-0.1, -0.05) is 29.8 Å². The van der Waals surface area contributed by atoms with Crippen LogP contribution in [0.15, 0.2) is 36.0 Å². The zero-order chi connectivity index (χ0) is 17.2. The number of thiophene rings is 1. The maximum absolute atomic E-state index is 9.12. The zero-order valence-electron chi connectivity index (χ0n) is 14.4. The van der Waals surface area contributed by atoms with Gasteiger partial charge in [-0.05, 0) is 12.5 Å². The van der Waals surface area contributed by atoms with Gasteiger partial charge >= 0.3 is 0 Å². The Kier molecular flexibility index (Phi) is 4.65. The van der Waals surface area contributed by atoms with Crippen molar-refractivity contribution >= 4 is 27.4 Å². The summed E-state index contributed by atoms with van der Waals surface area (Å²) in [5.74, 6) is 1.03. The van der Waals surface area contributed by atoms with Crippen LogP contribution in [0.3, 0.4) is 0 Å². The molecule has 0 aliphatic carbocycles. The van der Waals surface area contributed by atoms with Gasteiger partial charge in [-0.25, -0.2) is 9.97 Å². The van der Waals surface area contributed by atoms with Crippen molar-refractivity contribution in [2.45, 2.75) is 6.92 Å². The molecule has 0 bridgehead atoms. The summed E-state index contributed by atoms with van der Waals surface area (Å²) in [4.78, 5) is 14.8. The number of hydrogen-bond acceptors (Lipinski definition) is 6. The van der Waals surface area contributed by atoms with Gasteiger partial charge in [0.25, 0.3) is 0 Å². The zero-order valence-corrected chi connectivity index (χ0v) is 15.2. The van der Waals surface area contributed by atoms with E-state index in [9.17, 15) is 0 Å². The maximum Gasteiger partial charge on any atom is 0.141 e. The number of piperazine rings is 1. The molecule has 3 aromatic rings. The average molecular weight is 354 g/mol. The maximum atomic E-state index is 9.12. The molecule has 1 aliphatic heterocycles. The molecule has 0 spiro atoms. The number of anilines is 1. The molecule has 3 heterocycles. The van der Waals surface area contributed by atoms with E-state index in [1.165, 1.54) is 16.7 Å². The molecule has 5 nitrogen and oxygen atoms in total. The van der Waals surface area contributed by atoms with E-state index in [2.05, 4.69) is 56.3 Å². The Bertz CT molecular complexity index is 853. The first-order valence-corrected chi connectivity index (χ1v) is 9.51. The average Bonchev–Trinajstić information content (AvgIpc) is 3.08. The fourth-order valence-electron chi connectivity index (χ4n) is 3.37. The summed E-state index contributed by atoms with van der Waals surface area (Å²) >= 11 is 1.68. The third-order valence-electron chi connectivity index (χ3n) is 4.80. The van der Waals surface area contributed by atoms with Crippen LogP contribution in [0.1, 0.15) is 5.56 Å². The van der Waals surface area contributed by atoms with Crippen molar-refractivity contribution in [3.8, 4) is 11.1 Å². The van der Waals surface area contributed by atoms with E-state index in [4.69, 9.17) is 5.11 Å². The van der Waals surface area contributed by atoms with Crippen molar-refractivity contribution in [2.75, 3.05) is 44.2 Å². The second-order valence-electron chi connectivity index (χ2n) is 6.45. The summed E-state index contributed by atoms with van der Waals surface area (Å²) in [7, 11) is 0. The van der Waals surface area contributed by atoms with Crippen molar-refractivity contribution < 1.29 is 5.11 Å². The molecule has 1 aliphatic rings. The molecule has 4 rings (SSSR count). The molecule has 0 amide bonds. The van der Waals surface area contributed by atoms with Crippen molar-refractivity contribution in [3.63, 3.8) is 0 Å². The highest BCUT2D eigenvalue weighted by molar-refractivity contribution is 7.17. The van der Waals surface area contributed by atoms with Crippen molar-refractivity contribution in [2.24, 2.45) is 0 Å². The molecule has 1 saturated heterocycles. The summed E-state index contributed by atoms with van der Waals surface area (Å²) in [5.41, 5.74) is 3.69. The first-order chi connectivity index (χ1) is 12.3. The van der Waals surface area contributed by atoms with Gasteiger partial charge in [0, 0.05) is 43.7 Å².